The van der Waals surface area contributed by atoms with Crippen molar-refractivity contribution in [2.24, 2.45) is 0 Å². The predicted octanol–water partition coefficient (Wildman–Crippen LogP) is 0.227. The first kappa shape index (κ1) is 16.4. The molecule has 22 heavy (non-hydrogen) atoms. The topological polar surface area (TPSA) is 113 Å². The summed E-state index contributed by atoms with van der Waals surface area (Å²) in [6, 6.07) is 4.26. The summed E-state index contributed by atoms with van der Waals surface area (Å²) in [7, 11) is -3.83. The van der Waals surface area contributed by atoms with Crippen molar-refractivity contribution in [1.82, 2.24) is 10.0 Å². The zero-order valence-corrected chi connectivity index (χ0v) is 12.3. The molecule has 1 saturated carbocycles. The van der Waals surface area contributed by atoms with E-state index in [4.69, 9.17) is 5.11 Å². The van der Waals surface area contributed by atoms with Gasteiger partial charge in [-0.15, -0.1) is 0 Å². The number of sulfonamides is 1. The highest BCUT2D eigenvalue weighted by atomic mass is 32.2. The number of hydrogen-bond acceptors (Lipinski definition) is 4. The van der Waals surface area contributed by atoms with Crippen LogP contribution in [0.1, 0.15) is 19.3 Å². The molecule has 1 fully saturated rings. The lowest BCUT2D eigenvalue weighted by Crippen LogP contribution is -2.44. The van der Waals surface area contributed by atoms with E-state index in [-0.39, 0.29) is 17.9 Å². The highest BCUT2D eigenvalue weighted by Crippen LogP contribution is 2.35. The van der Waals surface area contributed by atoms with E-state index in [0.29, 0.717) is 12.8 Å². The Morgan fingerprint density at radius 2 is 1.82 bits per heavy atom. The monoisotopic (exact) mass is 330 g/mol. The van der Waals surface area contributed by atoms with Gasteiger partial charge in [-0.05, 0) is 37.1 Å². The molecule has 1 aromatic carbocycles. The van der Waals surface area contributed by atoms with E-state index in [9.17, 15) is 22.4 Å². The molecule has 0 spiro atoms. The van der Waals surface area contributed by atoms with Gasteiger partial charge in [-0.1, -0.05) is 0 Å². The zero-order chi connectivity index (χ0) is 16.4. The smallest absolute Gasteiger partial charge is 0.329 e. The highest BCUT2D eigenvalue weighted by molar-refractivity contribution is 7.89. The van der Waals surface area contributed by atoms with Crippen LogP contribution in [-0.2, 0) is 19.6 Å². The van der Waals surface area contributed by atoms with E-state index >= 15 is 0 Å². The molecule has 7 nitrogen and oxygen atoms in total. The average Bonchev–Trinajstić information content (AvgIpc) is 3.20. The molecule has 1 aromatic rings. The molecule has 0 unspecified atom stereocenters. The highest BCUT2D eigenvalue weighted by Gasteiger charge is 2.51. The Balaban J connectivity index is 1.84. The Labute approximate surface area is 126 Å². The Hall–Kier alpha value is -2.00. The van der Waals surface area contributed by atoms with E-state index in [0.717, 1.165) is 24.3 Å². The van der Waals surface area contributed by atoms with Crippen LogP contribution in [0.3, 0.4) is 0 Å². The number of nitrogens with one attached hydrogen (secondary N) is 2. The minimum absolute atomic E-state index is 0.112. The Kier molecular flexibility index (Phi) is 4.47. The molecule has 1 amide bonds. The fourth-order valence-corrected chi connectivity index (χ4v) is 2.87. The summed E-state index contributed by atoms with van der Waals surface area (Å²) < 4.78 is 38.7. The maximum Gasteiger partial charge on any atom is 0.329 e. The fourth-order valence-electron chi connectivity index (χ4n) is 1.84. The van der Waals surface area contributed by atoms with Gasteiger partial charge in [-0.3, -0.25) is 4.79 Å². The maximum absolute atomic E-state index is 12.7. The van der Waals surface area contributed by atoms with E-state index < -0.39 is 33.3 Å². The van der Waals surface area contributed by atoms with Crippen molar-refractivity contribution in [3.05, 3.63) is 30.1 Å². The van der Waals surface area contributed by atoms with Gasteiger partial charge < -0.3 is 10.4 Å². The normalized spacial score (nSPS) is 16.0. The van der Waals surface area contributed by atoms with Crippen LogP contribution in [0.5, 0.6) is 0 Å². The molecule has 2 rings (SSSR count). The largest absolute Gasteiger partial charge is 0.480 e. The quantitative estimate of drug-likeness (QED) is 0.662. The summed E-state index contributed by atoms with van der Waals surface area (Å²) in [5.41, 5.74) is -1.19. The van der Waals surface area contributed by atoms with Crippen LogP contribution >= 0.6 is 0 Å². The lowest BCUT2D eigenvalue weighted by Gasteiger charge is -2.12. The molecule has 1 aliphatic rings. The number of halogens is 1. The molecule has 0 radical (unpaired) electrons. The molecule has 0 atom stereocenters. The third-order valence-electron chi connectivity index (χ3n) is 3.31. The van der Waals surface area contributed by atoms with Crippen molar-refractivity contribution in [1.29, 1.82) is 0 Å². The van der Waals surface area contributed by atoms with Crippen LogP contribution in [-0.4, -0.2) is 37.5 Å². The van der Waals surface area contributed by atoms with E-state index in [1.165, 1.54) is 0 Å². The van der Waals surface area contributed by atoms with Crippen molar-refractivity contribution < 1.29 is 27.5 Å². The van der Waals surface area contributed by atoms with Crippen molar-refractivity contribution in [2.45, 2.75) is 29.7 Å². The van der Waals surface area contributed by atoms with Crippen LogP contribution in [0.15, 0.2) is 29.2 Å². The SMILES string of the molecule is O=C(CCNS(=O)(=O)c1ccc(F)cc1)NC1(C(=O)O)CC1. The average molecular weight is 330 g/mol. The molecule has 0 aromatic heterocycles. The Bertz CT molecular complexity index is 683. The van der Waals surface area contributed by atoms with Crippen molar-refractivity contribution >= 4 is 21.9 Å². The van der Waals surface area contributed by atoms with Gasteiger partial charge in [-0.2, -0.15) is 0 Å². The molecule has 9 heteroatoms. The molecule has 0 bridgehead atoms. The van der Waals surface area contributed by atoms with Crippen LogP contribution in [0.4, 0.5) is 4.39 Å². The third kappa shape index (κ3) is 3.80. The second-order valence-corrected chi connectivity index (χ2v) is 6.80. The molecule has 1 aliphatic carbocycles. The number of aliphatic carboxylic acids is 1. The lowest BCUT2D eigenvalue weighted by molar-refractivity contribution is -0.143. The molecule has 0 aliphatic heterocycles. The molecular weight excluding hydrogens is 315 g/mol. The van der Waals surface area contributed by atoms with E-state index in [2.05, 4.69) is 10.0 Å². The minimum atomic E-state index is -3.83. The number of hydrogen-bond donors (Lipinski definition) is 3. The Morgan fingerprint density at radius 3 is 2.32 bits per heavy atom. The van der Waals surface area contributed by atoms with Crippen LogP contribution in [0.2, 0.25) is 0 Å². The standard InChI is InChI=1S/C13H15FN2O5S/c14-9-1-3-10(4-2-9)22(20,21)15-8-5-11(17)16-13(6-7-13)12(18)19/h1-4,15H,5-8H2,(H,16,17)(H,18,19). The van der Waals surface area contributed by atoms with Gasteiger partial charge >= 0.3 is 5.97 Å². The van der Waals surface area contributed by atoms with Gasteiger partial charge in [0.05, 0.1) is 4.90 Å². The first-order valence-corrected chi connectivity index (χ1v) is 8.03. The summed E-state index contributed by atoms with van der Waals surface area (Å²) in [4.78, 5) is 22.4. The zero-order valence-electron chi connectivity index (χ0n) is 11.5. The summed E-state index contributed by atoms with van der Waals surface area (Å²) in [6.45, 7) is -0.179. The number of carbonyl (C=O) groups excluding carboxylic acids is 1. The van der Waals surface area contributed by atoms with Gasteiger partial charge in [0.2, 0.25) is 15.9 Å². The number of benzene rings is 1. The molecule has 3 N–H and O–H groups in total. The van der Waals surface area contributed by atoms with Crippen LogP contribution < -0.4 is 10.0 Å². The number of amides is 1. The van der Waals surface area contributed by atoms with E-state index in [1.54, 1.807) is 0 Å². The van der Waals surface area contributed by atoms with Gasteiger partial charge in [0.15, 0.2) is 0 Å². The molecular formula is C13H15FN2O5S. The summed E-state index contributed by atoms with van der Waals surface area (Å²) in [5.74, 6) is -2.18. The fraction of sp³-hybridized carbons (Fsp3) is 0.385. The summed E-state index contributed by atoms with van der Waals surface area (Å²) in [5, 5.41) is 11.3. The van der Waals surface area contributed by atoms with Gasteiger partial charge in [0, 0.05) is 13.0 Å². The maximum atomic E-state index is 12.7. The second kappa shape index (κ2) is 6.01. The summed E-state index contributed by atoms with van der Waals surface area (Å²) >= 11 is 0. The van der Waals surface area contributed by atoms with Gasteiger partial charge in [0.1, 0.15) is 11.4 Å². The predicted molar refractivity (Wildman–Crippen MR) is 73.9 cm³/mol. The van der Waals surface area contributed by atoms with Crippen LogP contribution in [0, 0.1) is 5.82 Å². The van der Waals surface area contributed by atoms with Gasteiger partial charge in [0.25, 0.3) is 0 Å². The van der Waals surface area contributed by atoms with Crippen LogP contribution in [0.25, 0.3) is 0 Å². The number of carboxylic acids is 1. The number of carbonyl (C=O) groups is 2. The molecule has 120 valence electrons. The first-order valence-electron chi connectivity index (χ1n) is 6.55. The number of rotatable bonds is 7. The Morgan fingerprint density at radius 1 is 1.23 bits per heavy atom. The molecule has 0 heterocycles. The van der Waals surface area contributed by atoms with Crippen molar-refractivity contribution in [3.63, 3.8) is 0 Å². The lowest BCUT2D eigenvalue weighted by atomic mass is 10.2. The third-order valence-corrected chi connectivity index (χ3v) is 4.78. The minimum Gasteiger partial charge on any atom is -0.480 e. The van der Waals surface area contributed by atoms with Crippen molar-refractivity contribution in [3.8, 4) is 0 Å². The van der Waals surface area contributed by atoms with Gasteiger partial charge in [-0.25, -0.2) is 22.3 Å². The van der Waals surface area contributed by atoms with Crippen molar-refractivity contribution in [2.75, 3.05) is 6.54 Å². The molecule has 0 saturated heterocycles. The van der Waals surface area contributed by atoms with E-state index in [1.807, 2.05) is 0 Å². The second-order valence-electron chi connectivity index (χ2n) is 5.04. The first-order chi connectivity index (χ1) is 10.3. The summed E-state index contributed by atoms with van der Waals surface area (Å²) in [6.07, 6.45) is 0.556. The number of carboxylic acid groups (broad SMARTS) is 1.